The third kappa shape index (κ3) is 6.47. The fourth-order valence-electron chi connectivity index (χ4n) is 2.06. The molecule has 0 spiro atoms. The van der Waals surface area contributed by atoms with Crippen molar-refractivity contribution in [2.45, 2.75) is 33.2 Å². The minimum absolute atomic E-state index is 0.0726. The topological polar surface area (TPSA) is 119 Å². The monoisotopic (exact) mass is 343 g/mol. The minimum Gasteiger partial charge on any atom is -0.480 e. The number of rotatable bonds is 8. The molecule has 0 saturated carbocycles. The average molecular weight is 343 g/mol. The molecule has 0 bridgehead atoms. The standard InChI is InChI=1S/C18H21N3O4/c1-11(2)7-16(18(24)25)21-17(23)14(9-19)10-20-15-6-4-5-13(8-15)12(3)22/h4-6,8,10-11,16,20H,7H2,1-3H3,(H,21,23)(H,24,25)/b14-10-. The second-order valence-corrected chi connectivity index (χ2v) is 5.94. The molecule has 1 rings (SSSR count). The summed E-state index contributed by atoms with van der Waals surface area (Å²) in [4.78, 5) is 34.7. The molecule has 0 saturated heterocycles. The number of nitrogens with zero attached hydrogens (tertiary/aromatic N) is 1. The van der Waals surface area contributed by atoms with Gasteiger partial charge in [0.05, 0.1) is 0 Å². The number of Topliss-reactive ketones (excluding diaryl/α,β-unsaturated/α-hetero) is 1. The van der Waals surface area contributed by atoms with Gasteiger partial charge in [0.25, 0.3) is 5.91 Å². The van der Waals surface area contributed by atoms with E-state index in [2.05, 4.69) is 10.6 Å². The van der Waals surface area contributed by atoms with Crippen molar-refractivity contribution in [1.29, 1.82) is 5.26 Å². The van der Waals surface area contributed by atoms with E-state index >= 15 is 0 Å². The van der Waals surface area contributed by atoms with Crippen LogP contribution in [0.3, 0.4) is 0 Å². The highest BCUT2D eigenvalue weighted by Crippen LogP contribution is 2.12. The van der Waals surface area contributed by atoms with E-state index in [0.29, 0.717) is 11.3 Å². The highest BCUT2D eigenvalue weighted by molar-refractivity contribution is 5.99. The van der Waals surface area contributed by atoms with Gasteiger partial charge in [-0.15, -0.1) is 0 Å². The van der Waals surface area contributed by atoms with Crippen LogP contribution in [0.25, 0.3) is 0 Å². The van der Waals surface area contributed by atoms with E-state index in [1.54, 1.807) is 30.3 Å². The number of nitriles is 1. The summed E-state index contributed by atoms with van der Waals surface area (Å²) in [6.07, 6.45) is 1.44. The maximum absolute atomic E-state index is 12.1. The second-order valence-electron chi connectivity index (χ2n) is 5.94. The van der Waals surface area contributed by atoms with Crippen LogP contribution in [0.2, 0.25) is 0 Å². The molecule has 0 heterocycles. The quantitative estimate of drug-likeness (QED) is 0.378. The third-order valence-corrected chi connectivity index (χ3v) is 3.33. The molecule has 0 aliphatic heterocycles. The van der Waals surface area contributed by atoms with Crippen molar-refractivity contribution < 1.29 is 19.5 Å². The number of anilines is 1. The van der Waals surface area contributed by atoms with Gasteiger partial charge in [0.2, 0.25) is 0 Å². The zero-order valence-corrected chi connectivity index (χ0v) is 14.4. The molecule has 1 amide bonds. The number of carbonyl (C=O) groups is 3. The van der Waals surface area contributed by atoms with Crippen molar-refractivity contribution >= 4 is 23.3 Å². The summed E-state index contributed by atoms with van der Waals surface area (Å²) in [5.74, 6) is -1.96. The highest BCUT2D eigenvalue weighted by Gasteiger charge is 2.22. The summed E-state index contributed by atoms with van der Waals surface area (Å²) in [5, 5.41) is 23.4. The molecule has 1 aromatic carbocycles. The van der Waals surface area contributed by atoms with Crippen molar-refractivity contribution in [3.8, 4) is 6.07 Å². The number of benzene rings is 1. The van der Waals surface area contributed by atoms with Gasteiger partial charge in [0.15, 0.2) is 5.78 Å². The predicted molar refractivity (Wildman–Crippen MR) is 92.8 cm³/mol. The number of carboxylic acid groups (broad SMARTS) is 1. The second kappa shape index (κ2) is 9.23. The molecule has 7 nitrogen and oxygen atoms in total. The van der Waals surface area contributed by atoms with Crippen molar-refractivity contribution in [2.75, 3.05) is 5.32 Å². The van der Waals surface area contributed by atoms with Crippen molar-refractivity contribution in [3.63, 3.8) is 0 Å². The molecule has 1 unspecified atom stereocenters. The lowest BCUT2D eigenvalue weighted by Crippen LogP contribution is -2.42. The smallest absolute Gasteiger partial charge is 0.326 e. The van der Waals surface area contributed by atoms with Crippen LogP contribution in [0, 0.1) is 17.2 Å². The summed E-state index contributed by atoms with van der Waals surface area (Å²) in [5.41, 5.74) is 0.762. The normalized spacial score (nSPS) is 12.2. The first-order chi connectivity index (χ1) is 11.7. The first-order valence-electron chi connectivity index (χ1n) is 7.76. The Morgan fingerprint density at radius 1 is 1.32 bits per heavy atom. The number of ketones is 1. The SMILES string of the molecule is CC(=O)c1cccc(N/C=C(/C#N)C(=O)NC(CC(C)C)C(=O)O)c1. The van der Waals surface area contributed by atoms with E-state index in [4.69, 9.17) is 10.4 Å². The van der Waals surface area contributed by atoms with Crippen molar-refractivity contribution in [3.05, 3.63) is 41.6 Å². The summed E-state index contributed by atoms with van der Waals surface area (Å²) < 4.78 is 0. The van der Waals surface area contributed by atoms with Crippen LogP contribution in [-0.4, -0.2) is 28.8 Å². The molecule has 0 aliphatic rings. The van der Waals surface area contributed by atoms with Gasteiger partial charge >= 0.3 is 5.97 Å². The maximum atomic E-state index is 12.1. The Labute approximate surface area is 146 Å². The summed E-state index contributed by atoms with van der Waals surface area (Å²) in [7, 11) is 0. The fourth-order valence-corrected chi connectivity index (χ4v) is 2.06. The zero-order valence-electron chi connectivity index (χ0n) is 14.4. The van der Waals surface area contributed by atoms with Gasteiger partial charge in [-0.2, -0.15) is 5.26 Å². The third-order valence-electron chi connectivity index (χ3n) is 3.33. The number of nitrogens with one attached hydrogen (secondary N) is 2. The molecule has 0 radical (unpaired) electrons. The molecular formula is C18H21N3O4. The Morgan fingerprint density at radius 2 is 2.00 bits per heavy atom. The summed E-state index contributed by atoms with van der Waals surface area (Å²) in [6.45, 7) is 5.11. The first-order valence-corrected chi connectivity index (χ1v) is 7.76. The number of aliphatic carboxylic acids is 1. The Balaban J connectivity index is 2.86. The van der Waals surface area contributed by atoms with E-state index in [0.717, 1.165) is 0 Å². The Morgan fingerprint density at radius 3 is 2.52 bits per heavy atom. The van der Waals surface area contributed by atoms with Crippen LogP contribution in [0.1, 0.15) is 37.6 Å². The average Bonchev–Trinajstić information content (AvgIpc) is 2.54. The van der Waals surface area contributed by atoms with Gasteiger partial charge in [0.1, 0.15) is 17.7 Å². The highest BCUT2D eigenvalue weighted by atomic mass is 16.4. The molecule has 1 aromatic rings. The molecule has 132 valence electrons. The van der Waals surface area contributed by atoms with E-state index in [1.165, 1.54) is 13.1 Å². The molecule has 0 fully saturated rings. The van der Waals surface area contributed by atoms with Crippen molar-refractivity contribution in [2.24, 2.45) is 5.92 Å². The number of hydrogen-bond donors (Lipinski definition) is 3. The van der Waals surface area contributed by atoms with E-state index in [9.17, 15) is 14.4 Å². The van der Waals surface area contributed by atoms with Gasteiger partial charge in [-0.25, -0.2) is 4.79 Å². The van der Waals surface area contributed by atoms with Crippen LogP contribution in [0.4, 0.5) is 5.69 Å². The van der Waals surface area contributed by atoms with Crippen LogP contribution in [0.5, 0.6) is 0 Å². The summed E-state index contributed by atoms with van der Waals surface area (Å²) >= 11 is 0. The number of hydrogen-bond acceptors (Lipinski definition) is 5. The molecule has 0 aliphatic carbocycles. The van der Waals surface area contributed by atoms with Crippen molar-refractivity contribution in [1.82, 2.24) is 5.32 Å². The van der Waals surface area contributed by atoms with Gasteiger partial charge in [0, 0.05) is 17.5 Å². The molecular weight excluding hydrogens is 322 g/mol. The van der Waals surface area contributed by atoms with Crippen LogP contribution >= 0.6 is 0 Å². The van der Waals surface area contributed by atoms with E-state index in [1.807, 2.05) is 13.8 Å². The first kappa shape index (κ1) is 19.9. The number of carboxylic acids is 1. The number of amides is 1. The van der Waals surface area contributed by atoms with Gasteiger partial charge < -0.3 is 15.7 Å². The molecule has 3 N–H and O–H groups in total. The Kier molecular flexibility index (Phi) is 7.35. The maximum Gasteiger partial charge on any atom is 0.326 e. The van der Waals surface area contributed by atoms with Crippen LogP contribution < -0.4 is 10.6 Å². The Bertz CT molecular complexity index is 732. The van der Waals surface area contributed by atoms with E-state index in [-0.39, 0.29) is 23.7 Å². The summed E-state index contributed by atoms with van der Waals surface area (Å²) in [6, 6.07) is 7.25. The van der Waals surface area contributed by atoms with Crippen LogP contribution in [-0.2, 0) is 9.59 Å². The fraction of sp³-hybridized carbons (Fsp3) is 0.333. The number of carbonyl (C=O) groups excluding carboxylic acids is 2. The molecule has 7 heteroatoms. The lowest BCUT2D eigenvalue weighted by atomic mass is 10.0. The van der Waals surface area contributed by atoms with Gasteiger partial charge in [-0.1, -0.05) is 26.0 Å². The van der Waals surface area contributed by atoms with Gasteiger partial charge in [-0.05, 0) is 31.4 Å². The van der Waals surface area contributed by atoms with Crippen LogP contribution in [0.15, 0.2) is 36.0 Å². The largest absolute Gasteiger partial charge is 0.480 e. The lowest BCUT2D eigenvalue weighted by Gasteiger charge is -2.16. The zero-order chi connectivity index (χ0) is 19.0. The minimum atomic E-state index is -1.15. The Hall–Kier alpha value is -3.14. The van der Waals surface area contributed by atoms with Gasteiger partial charge in [-0.3, -0.25) is 9.59 Å². The lowest BCUT2D eigenvalue weighted by molar-refractivity contribution is -0.141. The molecule has 25 heavy (non-hydrogen) atoms. The molecule has 0 aromatic heterocycles. The predicted octanol–water partition coefficient (Wildman–Crippen LogP) is 2.32. The van der Waals surface area contributed by atoms with E-state index < -0.39 is 17.9 Å². The molecule has 1 atom stereocenters.